The number of ether oxygens (including phenoxy) is 1. The predicted molar refractivity (Wildman–Crippen MR) is 100 cm³/mol. The van der Waals surface area contributed by atoms with Gasteiger partial charge in [0.15, 0.2) is 5.16 Å². The lowest BCUT2D eigenvalue weighted by Crippen LogP contribution is -1.98. The van der Waals surface area contributed by atoms with E-state index in [4.69, 9.17) is 9.72 Å². The van der Waals surface area contributed by atoms with Gasteiger partial charge in [-0.05, 0) is 36.4 Å². The summed E-state index contributed by atoms with van der Waals surface area (Å²) in [6, 6.07) is 16.2. The Balaban J connectivity index is 1.57. The van der Waals surface area contributed by atoms with Crippen LogP contribution < -0.4 is 4.74 Å². The van der Waals surface area contributed by atoms with Gasteiger partial charge in [-0.2, -0.15) is 0 Å². The van der Waals surface area contributed by atoms with Gasteiger partial charge in [0.05, 0.1) is 23.9 Å². The van der Waals surface area contributed by atoms with Crippen LogP contribution in [0.1, 0.15) is 5.82 Å². The molecular weight excluding hydrogens is 332 g/mol. The van der Waals surface area contributed by atoms with Crippen LogP contribution in [0.4, 0.5) is 0 Å². The van der Waals surface area contributed by atoms with Crippen LogP contribution in [-0.4, -0.2) is 26.2 Å². The van der Waals surface area contributed by atoms with E-state index in [0.717, 1.165) is 39.2 Å². The fraction of sp³-hybridized carbons (Fsp3) is 0.158. The summed E-state index contributed by atoms with van der Waals surface area (Å²) >= 11 is 1.68. The van der Waals surface area contributed by atoms with Crippen LogP contribution in [0.15, 0.2) is 66.1 Å². The van der Waals surface area contributed by atoms with Gasteiger partial charge in [0, 0.05) is 25.1 Å². The molecule has 2 aromatic carbocycles. The number of para-hydroxylation sites is 2. The van der Waals surface area contributed by atoms with Crippen molar-refractivity contribution in [3.8, 4) is 11.4 Å². The van der Waals surface area contributed by atoms with E-state index in [2.05, 4.69) is 27.2 Å². The first-order chi connectivity index (χ1) is 12.3. The maximum Gasteiger partial charge on any atom is 0.173 e. The molecule has 2 heterocycles. The van der Waals surface area contributed by atoms with Gasteiger partial charge in [-0.3, -0.25) is 4.57 Å². The van der Waals surface area contributed by atoms with Gasteiger partial charge < -0.3 is 9.30 Å². The maximum atomic E-state index is 5.22. The topological polar surface area (TPSA) is 44.9 Å². The van der Waals surface area contributed by atoms with E-state index in [0.29, 0.717) is 0 Å². The predicted octanol–water partition coefficient (Wildman–Crippen LogP) is 4.06. The number of fused-ring (bicyclic) bond motifs is 1. The molecule has 0 aliphatic heterocycles. The summed E-state index contributed by atoms with van der Waals surface area (Å²) in [5, 5.41) is 0.942. The third-order valence-electron chi connectivity index (χ3n) is 4.17. The highest BCUT2D eigenvalue weighted by molar-refractivity contribution is 7.98. The number of nitrogens with zero attached hydrogens (tertiary/aromatic N) is 4. The normalized spacial score (nSPS) is 11.1. The smallest absolute Gasteiger partial charge is 0.173 e. The van der Waals surface area contributed by atoms with Gasteiger partial charge in [-0.1, -0.05) is 23.9 Å². The second-order valence-electron chi connectivity index (χ2n) is 5.64. The second kappa shape index (κ2) is 6.64. The maximum absolute atomic E-state index is 5.22. The Morgan fingerprint density at radius 2 is 1.88 bits per heavy atom. The van der Waals surface area contributed by atoms with E-state index in [-0.39, 0.29) is 0 Å². The van der Waals surface area contributed by atoms with Gasteiger partial charge in [0.2, 0.25) is 0 Å². The molecule has 0 N–H and O–H groups in total. The largest absolute Gasteiger partial charge is 0.497 e. The average molecular weight is 350 g/mol. The zero-order valence-electron chi connectivity index (χ0n) is 14.1. The van der Waals surface area contributed by atoms with Crippen molar-refractivity contribution in [1.29, 1.82) is 0 Å². The molecule has 0 saturated carbocycles. The molecule has 6 heteroatoms. The molecule has 126 valence electrons. The average Bonchev–Trinajstić information content (AvgIpc) is 3.25. The molecule has 0 fully saturated rings. The number of methoxy groups -OCH3 is 1. The molecule has 4 rings (SSSR count). The van der Waals surface area contributed by atoms with Gasteiger partial charge in [0.1, 0.15) is 11.6 Å². The fourth-order valence-corrected chi connectivity index (χ4v) is 3.75. The van der Waals surface area contributed by atoms with Crippen molar-refractivity contribution in [3.05, 3.63) is 66.7 Å². The van der Waals surface area contributed by atoms with Gasteiger partial charge >= 0.3 is 0 Å². The quantitative estimate of drug-likeness (QED) is 0.509. The van der Waals surface area contributed by atoms with Crippen molar-refractivity contribution in [2.24, 2.45) is 7.05 Å². The monoisotopic (exact) mass is 350 g/mol. The first kappa shape index (κ1) is 15.8. The summed E-state index contributed by atoms with van der Waals surface area (Å²) in [7, 11) is 3.73. The molecular formula is C19H18N4OS. The Morgan fingerprint density at radius 1 is 1.08 bits per heavy atom. The highest BCUT2D eigenvalue weighted by Gasteiger charge is 2.11. The molecule has 25 heavy (non-hydrogen) atoms. The molecule has 0 aliphatic rings. The lowest BCUT2D eigenvalue weighted by molar-refractivity contribution is 0.414. The number of hydrogen-bond donors (Lipinski definition) is 0. The van der Waals surface area contributed by atoms with Gasteiger partial charge in [0.25, 0.3) is 0 Å². The number of aryl methyl sites for hydroxylation is 1. The highest BCUT2D eigenvalue weighted by Crippen LogP contribution is 2.26. The van der Waals surface area contributed by atoms with E-state index >= 15 is 0 Å². The van der Waals surface area contributed by atoms with Crippen LogP contribution in [0.3, 0.4) is 0 Å². The number of imidazole rings is 2. The number of aromatic nitrogens is 4. The zero-order chi connectivity index (χ0) is 17.2. The summed E-state index contributed by atoms with van der Waals surface area (Å²) in [6.07, 6.45) is 3.79. The van der Waals surface area contributed by atoms with Crippen molar-refractivity contribution in [2.45, 2.75) is 10.9 Å². The molecule has 0 unspecified atom stereocenters. The van der Waals surface area contributed by atoms with Crippen molar-refractivity contribution < 1.29 is 4.74 Å². The summed E-state index contributed by atoms with van der Waals surface area (Å²) in [6.45, 7) is 0. The Kier molecular flexibility index (Phi) is 4.19. The Hall–Kier alpha value is -2.73. The minimum absolute atomic E-state index is 0.762. The van der Waals surface area contributed by atoms with Crippen molar-refractivity contribution in [1.82, 2.24) is 19.1 Å². The van der Waals surface area contributed by atoms with Crippen molar-refractivity contribution in [2.75, 3.05) is 7.11 Å². The first-order valence-corrected chi connectivity index (χ1v) is 8.96. The molecule has 0 bridgehead atoms. The fourth-order valence-electron chi connectivity index (χ4n) is 2.79. The highest BCUT2D eigenvalue weighted by atomic mass is 32.2. The lowest BCUT2D eigenvalue weighted by atomic mass is 10.3. The Labute approximate surface area is 150 Å². The summed E-state index contributed by atoms with van der Waals surface area (Å²) in [4.78, 5) is 9.22. The van der Waals surface area contributed by atoms with Crippen molar-refractivity contribution >= 4 is 22.8 Å². The third kappa shape index (κ3) is 3.00. The van der Waals surface area contributed by atoms with E-state index in [1.807, 2.05) is 54.9 Å². The molecule has 0 radical (unpaired) electrons. The Bertz CT molecular complexity index is 1000. The zero-order valence-corrected chi connectivity index (χ0v) is 14.9. The standard InChI is InChI=1S/C19H18N4OS/c1-22-17-6-4-3-5-16(17)21-18(22)13-25-19-20-11-12-23(19)14-7-9-15(24-2)10-8-14/h3-12H,13H2,1-2H3. The van der Waals surface area contributed by atoms with Crippen LogP contribution in [0.5, 0.6) is 5.75 Å². The molecule has 4 aromatic rings. The first-order valence-electron chi connectivity index (χ1n) is 7.97. The van der Waals surface area contributed by atoms with Crippen LogP contribution in [0.2, 0.25) is 0 Å². The minimum atomic E-state index is 0.762. The third-order valence-corrected chi connectivity index (χ3v) is 5.13. The summed E-state index contributed by atoms with van der Waals surface area (Å²) in [5.74, 6) is 2.64. The van der Waals surface area contributed by atoms with E-state index in [1.54, 1.807) is 18.9 Å². The van der Waals surface area contributed by atoms with E-state index in [9.17, 15) is 0 Å². The number of benzene rings is 2. The molecule has 0 amide bonds. The lowest BCUT2D eigenvalue weighted by Gasteiger charge is -2.08. The molecule has 0 aliphatic carbocycles. The molecule has 2 aromatic heterocycles. The van der Waals surface area contributed by atoms with Crippen LogP contribution in [0, 0.1) is 0 Å². The molecule has 5 nitrogen and oxygen atoms in total. The van der Waals surface area contributed by atoms with Gasteiger partial charge in [-0.15, -0.1) is 0 Å². The summed E-state index contributed by atoms with van der Waals surface area (Å²) < 4.78 is 9.44. The Morgan fingerprint density at radius 3 is 2.64 bits per heavy atom. The van der Waals surface area contributed by atoms with Crippen LogP contribution in [-0.2, 0) is 12.8 Å². The number of rotatable bonds is 5. The molecule has 0 spiro atoms. The molecule has 0 atom stereocenters. The second-order valence-corrected chi connectivity index (χ2v) is 6.58. The van der Waals surface area contributed by atoms with Gasteiger partial charge in [-0.25, -0.2) is 9.97 Å². The van der Waals surface area contributed by atoms with Crippen molar-refractivity contribution in [3.63, 3.8) is 0 Å². The van der Waals surface area contributed by atoms with E-state index in [1.165, 1.54) is 0 Å². The molecule has 0 saturated heterocycles. The van der Waals surface area contributed by atoms with Crippen LogP contribution in [0.25, 0.3) is 16.7 Å². The van der Waals surface area contributed by atoms with Crippen LogP contribution >= 0.6 is 11.8 Å². The summed E-state index contributed by atoms with van der Waals surface area (Å²) in [5.41, 5.74) is 3.24. The van der Waals surface area contributed by atoms with E-state index < -0.39 is 0 Å². The minimum Gasteiger partial charge on any atom is -0.497 e. The number of thioether (sulfide) groups is 1. The SMILES string of the molecule is COc1ccc(-n2ccnc2SCc2nc3ccccc3n2C)cc1. The number of hydrogen-bond acceptors (Lipinski definition) is 4.